The van der Waals surface area contributed by atoms with Crippen LogP contribution in [0.3, 0.4) is 0 Å². The maximum absolute atomic E-state index is 13.1. The number of benzene rings is 4. The number of carbonyl (C=O) groups excluding carboxylic acids is 7. The molecule has 4 aromatic carbocycles. The Morgan fingerprint density at radius 1 is 0.426 bits per heavy atom. The fourth-order valence-electron chi connectivity index (χ4n) is 7.66. The molecule has 0 bridgehead atoms. The fourth-order valence-corrected chi connectivity index (χ4v) is 7.66. The zero-order valence-corrected chi connectivity index (χ0v) is 50.1. The molecule has 0 saturated heterocycles. The van der Waals surface area contributed by atoms with Crippen molar-refractivity contribution in [1.82, 2.24) is 31.9 Å². The number of anilines is 2. The summed E-state index contributed by atoms with van der Waals surface area (Å²) < 4.78 is 42.7. The van der Waals surface area contributed by atoms with E-state index in [9.17, 15) is 78.3 Å². The number of aliphatic hydroxyl groups excluding tert-OH is 1. The van der Waals surface area contributed by atoms with Gasteiger partial charge in [0.25, 0.3) is 0 Å². The molecule has 0 heterocycles. The summed E-state index contributed by atoms with van der Waals surface area (Å²) in [5.41, 5.74) is 13.0. The number of aliphatic carboxylic acids is 4. The number of amides is 6. The second kappa shape index (κ2) is 40.5. The lowest BCUT2D eigenvalue weighted by atomic mass is 10.1. The number of hydrogen-bond donors (Lipinski definition) is 17. The van der Waals surface area contributed by atoms with Crippen molar-refractivity contribution in [2.45, 2.75) is 69.4 Å². The average Bonchev–Trinajstić information content (AvgIpc) is 1.32. The molecule has 0 aromatic heterocycles. The molecule has 0 aliphatic rings. The average molecular weight is 1320 g/mol. The van der Waals surface area contributed by atoms with Crippen molar-refractivity contribution in [1.29, 1.82) is 10.8 Å². The molecule has 0 aliphatic carbocycles. The zero-order valence-electron chi connectivity index (χ0n) is 50.1. The predicted molar refractivity (Wildman–Crippen MR) is 324 cm³/mol. The van der Waals surface area contributed by atoms with E-state index in [4.69, 9.17) is 60.2 Å². The highest BCUT2D eigenvalue weighted by Crippen LogP contribution is 2.23. The smallest absolute Gasteiger partial charge is 0.408 e. The number of rotatable bonds is 42. The minimum atomic E-state index is -1.81. The molecule has 19 N–H and O–H groups in total. The topological polar surface area (TPSA) is 559 Å². The van der Waals surface area contributed by atoms with Gasteiger partial charge >= 0.3 is 42.0 Å². The van der Waals surface area contributed by atoms with Crippen LogP contribution in [0.1, 0.15) is 59.0 Å². The molecule has 0 spiro atoms. The van der Waals surface area contributed by atoms with Gasteiger partial charge in [-0.1, -0.05) is 36.4 Å². The van der Waals surface area contributed by atoms with Gasteiger partial charge in [0, 0.05) is 30.0 Å². The van der Waals surface area contributed by atoms with Gasteiger partial charge in [0.1, 0.15) is 48.9 Å². The van der Waals surface area contributed by atoms with Gasteiger partial charge in [0.2, 0.25) is 29.9 Å². The molecular weight excluding hydrogens is 1250 g/mol. The third-order valence-electron chi connectivity index (χ3n) is 12.1. The van der Waals surface area contributed by atoms with E-state index in [1.165, 1.54) is 72.8 Å². The number of hydrogen-bond acceptors (Lipinski definition) is 22. The predicted octanol–water partition coefficient (Wildman–Crippen LogP) is -0.357. The SMILES string of the molecule is N=C(N)Nc1ccc(C(=O)Oc2ccc(COC(=O)N[C@@H](CC(=O)O)C(=O)N[C@@H](CC(=O)O)C(=O)NCCOCCOCCOCCOCCNC(=O)[C@H](CC(=O)O)NC(=O)C(CC(=O)O)NC(=O)OCc3ccc(OC(O)c4ccc(NC(=N)N)cc4)cc3)cc2)cc1. The Morgan fingerprint density at radius 2 is 0.766 bits per heavy atom. The van der Waals surface area contributed by atoms with Crippen LogP contribution < -0.4 is 63.5 Å². The summed E-state index contributed by atoms with van der Waals surface area (Å²) in [7, 11) is 0. The molecule has 0 fully saturated rings. The number of carboxylic acids is 4. The van der Waals surface area contributed by atoms with E-state index in [0.717, 1.165) is 0 Å². The monoisotopic (exact) mass is 1320 g/mol. The van der Waals surface area contributed by atoms with E-state index in [-0.39, 0.29) is 108 Å². The van der Waals surface area contributed by atoms with E-state index >= 15 is 0 Å². The van der Waals surface area contributed by atoms with Gasteiger partial charge in [-0.15, -0.1) is 0 Å². The van der Waals surface area contributed by atoms with Crippen molar-refractivity contribution in [3.05, 3.63) is 119 Å². The molecule has 508 valence electrons. The van der Waals surface area contributed by atoms with Gasteiger partial charge in [-0.05, 0) is 71.8 Å². The Bertz CT molecular complexity index is 3210. The van der Waals surface area contributed by atoms with Gasteiger partial charge in [-0.3, -0.25) is 49.2 Å². The normalized spacial score (nSPS) is 12.3. The highest BCUT2D eigenvalue weighted by molar-refractivity contribution is 5.97. The van der Waals surface area contributed by atoms with E-state index in [0.29, 0.717) is 28.1 Å². The van der Waals surface area contributed by atoms with Crippen LogP contribution in [0.2, 0.25) is 0 Å². The summed E-state index contributed by atoms with van der Waals surface area (Å²) in [5, 5.41) is 81.1. The zero-order chi connectivity index (χ0) is 69.0. The Morgan fingerprint density at radius 3 is 1.13 bits per heavy atom. The minimum Gasteiger partial charge on any atom is -0.481 e. The van der Waals surface area contributed by atoms with E-state index in [2.05, 4.69) is 42.5 Å². The van der Waals surface area contributed by atoms with Crippen LogP contribution in [0, 0.1) is 10.8 Å². The van der Waals surface area contributed by atoms with E-state index < -0.39 is 122 Å². The van der Waals surface area contributed by atoms with Crippen molar-refractivity contribution in [3.8, 4) is 11.5 Å². The Labute approximate surface area is 534 Å². The number of nitrogens with one attached hydrogen (secondary N) is 10. The maximum atomic E-state index is 13.1. The first-order chi connectivity index (χ1) is 44.8. The van der Waals surface area contributed by atoms with Crippen molar-refractivity contribution in [2.75, 3.05) is 76.6 Å². The van der Waals surface area contributed by atoms with E-state index in [1.54, 1.807) is 24.3 Å². The molecule has 6 amide bonds. The number of alkyl carbamates (subject to hydrolysis) is 2. The fraction of sp³-hybridized carbons (Fsp3) is 0.362. The number of nitrogens with two attached hydrogens (primary N) is 2. The number of ether oxygens (including phenoxy) is 8. The van der Waals surface area contributed by atoms with E-state index in [1.807, 2.05) is 0 Å². The molecule has 0 radical (unpaired) electrons. The standard InChI is InChI=1S/C58H72N12O24/c59-55(60)65-37-9-5-35(6-10-37)53(83)93-39-13-1-33(2-14-39)31-91-57(85)69-43(29-47(75)76)51(81)67-41(27-45(71)72)49(79)63-17-19-87-21-23-89-25-26-90-24-22-88-20-18-64-50(80)42(28-46(73)74)68-52(82)44(30-48(77)78)70-58(86)92-32-34-3-15-40(16-4-34)94-54(84)36-7-11-38(12-8-36)66-56(61)62/h1-16,41-44,53,83H,17-32H2,(H,63,79)(H,64,80)(H,67,81)(H,68,82)(H,69,85)(H,70,86)(H,71,72)(H,73,74)(H,75,76)(H,77,78)(H4,59,60,65)(H4,61,62,66)/t41-,42-,43?,44-,53?/m0/s1. The number of aliphatic hydroxyl groups is 1. The quantitative estimate of drug-likeness (QED) is 0.00673. The Balaban J connectivity index is 1.06. The van der Waals surface area contributed by atoms with Gasteiger partial charge < -0.3 is 117 Å². The van der Waals surface area contributed by atoms with Gasteiger partial charge in [0.05, 0.1) is 84.1 Å². The molecule has 94 heavy (non-hydrogen) atoms. The molecule has 0 saturated carbocycles. The highest BCUT2D eigenvalue weighted by Gasteiger charge is 2.32. The first-order valence-electron chi connectivity index (χ1n) is 28.2. The second-order valence-corrected chi connectivity index (χ2v) is 19.5. The van der Waals surface area contributed by atoms with Gasteiger partial charge in [0.15, 0.2) is 11.9 Å². The molecule has 36 nitrogen and oxygen atoms in total. The molecule has 5 atom stereocenters. The van der Waals surface area contributed by atoms with Crippen LogP contribution in [-0.2, 0) is 80.0 Å². The van der Waals surface area contributed by atoms with Crippen LogP contribution in [0.5, 0.6) is 11.5 Å². The molecule has 36 heteroatoms. The Kier molecular flexibility index (Phi) is 32.4. The summed E-state index contributed by atoms with van der Waals surface area (Å²) in [4.78, 5) is 136. The maximum Gasteiger partial charge on any atom is 0.408 e. The summed E-state index contributed by atoms with van der Waals surface area (Å²) >= 11 is 0. The molecule has 0 aliphatic heterocycles. The van der Waals surface area contributed by atoms with Crippen LogP contribution in [0.25, 0.3) is 0 Å². The lowest BCUT2D eigenvalue weighted by Crippen LogP contribution is -2.55. The number of carboxylic acid groups (broad SMARTS) is 4. The Hall–Kier alpha value is -11.2. The number of guanidine groups is 2. The highest BCUT2D eigenvalue weighted by atomic mass is 16.6. The third-order valence-corrected chi connectivity index (χ3v) is 12.1. The van der Waals surface area contributed by atoms with Gasteiger partial charge in [-0.25, -0.2) is 14.4 Å². The van der Waals surface area contributed by atoms with Crippen molar-refractivity contribution < 1.29 is 116 Å². The number of esters is 1. The summed E-state index contributed by atoms with van der Waals surface area (Å²) in [5.74, 6) is -11.2. The molecule has 2 unspecified atom stereocenters. The molecule has 4 rings (SSSR count). The van der Waals surface area contributed by atoms with Crippen molar-refractivity contribution >= 4 is 89.0 Å². The molecule has 4 aromatic rings. The van der Waals surface area contributed by atoms with Crippen LogP contribution in [-0.4, -0.2) is 193 Å². The van der Waals surface area contributed by atoms with Crippen molar-refractivity contribution in [3.63, 3.8) is 0 Å². The first-order valence-corrected chi connectivity index (χ1v) is 28.2. The summed E-state index contributed by atoms with van der Waals surface area (Å²) in [6, 6.07) is 16.9. The number of carbonyl (C=O) groups is 11. The van der Waals surface area contributed by atoms with Crippen LogP contribution >= 0.6 is 0 Å². The van der Waals surface area contributed by atoms with Gasteiger partial charge in [-0.2, -0.15) is 0 Å². The van der Waals surface area contributed by atoms with Crippen LogP contribution in [0.4, 0.5) is 21.0 Å². The second-order valence-electron chi connectivity index (χ2n) is 19.5. The third kappa shape index (κ3) is 30.5. The largest absolute Gasteiger partial charge is 0.481 e. The lowest BCUT2D eigenvalue weighted by Gasteiger charge is -2.21. The lowest BCUT2D eigenvalue weighted by molar-refractivity contribution is -0.142. The first kappa shape index (κ1) is 75.2. The van der Waals surface area contributed by atoms with Crippen molar-refractivity contribution in [2.24, 2.45) is 11.5 Å². The van der Waals surface area contributed by atoms with Crippen LogP contribution in [0.15, 0.2) is 97.1 Å². The summed E-state index contributed by atoms with van der Waals surface area (Å²) in [6.45, 7) is -0.665. The molecular formula is C58H72N12O24. The minimum absolute atomic E-state index is 0.0517. The summed E-state index contributed by atoms with van der Waals surface area (Å²) in [6.07, 6.45) is -7.59.